The van der Waals surface area contributed by atoms with E-state index in [0.29, 0.717) is 36.3 Å². The SMILES string of the molecule is CC(=O)O[C@@H](C(=O)O[C@H](C(=O)OC(C)(C)C)c1ccccc1)[C@@H](C)C(=O)OC1=CC[C@@]2(O)[C@H]3Cc4ccc(CO)c5c4[C@@]2(CCN3C)[C@H]1O5. The summed E-state index contributed by atoms with van der Waals surface area (Å²) in [6.45, 7) is 7.85. The van der Waals surface area contributed by atoms with Gasteiger partial charge in [-0.1, -0.05) is 42.5 Å². The molecule has 4 aliphatic rings. The van der Waals surface area contributed by atoms with E-state index in [0.717, 1.165) is 18.1 Å². The highest BCUT2D eigenvalue weighted by Crippen LogP contribution is 2.64. The van der Waals surface area contributed by atoms with Gasteiger partial charge in [-0.05, 0) is 65.8 Å². The Bertz CT molecular complexity index is 1700. The van der Waals surface area contributed by atoms with E-state index in [1.54, 1.807) is 57.2 Å². The maximum Gasteiger partial charge on any atom is 0.352 e. The summed E-state index contributed by atoms with van der Waals surface area (Å²) in [5.41, 5.74) is -0.350. The van der Waals surface area contributed by atoms with Crippen molar-refractivity contribution in [2.75, 3.05) is 13.6 Å². The minimum Gasteiger partial charge on any atom is -0.481 e. The van der Waals surface area contributed by atoms with Crippen molar-refractivity contribution in [2.24, 2.45) is 5.92 Å². The molecule has 0 aromatic heterocycles. The second-order valence-electron chi connectivity index (χ2n) is 14.4. The number of ether oxygens (including phenoxy) is 5. The van der Waals surface area contributed by atoms with E-state index < -0.39 is 64.7 Å². The highest BCUT2D eigenvalue weighted by molar-refractivity contribution is 5.88. The lowest BCUT2D eigenvalue weighted by molar-refractivity contribution is -0.188. The number of likely N-dealkylation sites (tertiary alicyclic amines) is 1. The molecule has 2 aliphatic heterocycles. The molecule has 6 rings (SSSR count). The van der Waals surface area contributed by atoms with Crippen molar-refractivity contribution >= 4 is 23.9 Å². The van der Waals surface area contributed by atoms with Crippen molar-refractivity contribution in [3.8, 4) is 5.75 Å². The first-order valence-corrected chi connectivity index (χ1v) is 16.5. The average molecular weight is 678 g/mol. The normalized spacial score (nSPS) is 27.0. The van der Waals surface area contributed by atoms with Crippen LogP contribution >= 0.6 is 0 Å². The van der Waals surface area contributed by atoms with Crippen LogP contribution in [0.5, 0.6) is 5.75 Å². The topological polar surface area (TPSA) is 158 Å². The van der Waals surface area contributed by atoms with E-state index in [9.17, 15) is 29.4 Å². The number of aliphatic hydroxyl groups is 2. The molecule has 1 fully saturated rings. The molecular formula is C37H43NO11. The number of hydrogen-bond donors (Lipinski definition) is 2. The summed E-state index contributed by atoms with van der Waals surface area (Å²) in [7, 11) is 1.98. The van der Waals surface area contributed by atoms with Gasteiger partial charge in [0.2, 0.25) is 12.2 Å². The van der Waals surface area contributed by atoms with Gasteiger partial charge in [0, 0.05) is 36.1 Å². The fourth-order valence-electron chi connectivity index (χ4n) is 7.92. The number of nitrogens with zero attached hydrogens (tertiary/aromatic N) is 1. The number of rotatable bonds is 9. The van der Waals surface area contributed by atoms with Crippen molar-refractivity contribution < 1.29 is 53.1 Å². The lowest BCUT2D eigenvalue weighted by atomic mass is 9.50. The Morgan fingerprint density at radius 2 is 1.76 bits per heavy atom. The zero-order chi connectivity index (χ0) is 35.5. The molecule has 0 amide bonds. The van der Waals surface area contributed by atoms with Crippen LogP contribution in [0.15, 0.2) is 54.3 Å². The van der Waals surface area contributed by atoms with Crippen molar-refractivity contribution in [1.82, 2.24) is 4.90 Å². The molecule has 1 saturated heterocycles. The molecule has 2 aromatic carbocycles. The standard InChI is InChI=1S/C37H43NO11/c1-20(28(45-21(2)40)33(42)48-30(22-10-8-7-9-11-22)34(43)49-35(3,4)5)32(41)46-25-14-15-37(44)26-18-23-12-13-24(19-39)29-27(23)36(37,31(25)47-29)16-17-38(26)6/h7-14,20,26,28,30-31,39,44H,15-19H2,1-6H3/t20-,26-,28-,30+,31+,36+,37-/m1/s1. The maximum absolute atomic E-state index is 13.8. The predicted molar refractivity (Wildman–Crippen MR) is 173 cm³/mol. The molecule has 7 atom stereocenters. The van der Waals surface area contributed by atoms with Crippen molar-refractivity contribution in [3.63, 3.8) is 0 Å². The van der Waals surface area contributed by atoms with Crippen LogP contribution in [0.4, 0.5) is 0 Å². The van der Waals surface area contributed by atoms with Gasteiger partial charge in [0.1, 0.15) is 23.0 Å². The Morgan fingerprint density at radius 3 is 2.41 bits per heavy atom. The summed E-state index contributed by atoms with van der Waals surface area (Å²) in [5.74, 6) is -4.48. The molecule has 1 spiro atoms. The van der Waals surface area contributed by atoms with Gasteiger partial charge in [0.15, 0.2) is 6.10 Å². The number of carbonyl (C=O) groups excluding carboxylic acids is 4. The number of aliphatic hydroxyl groups excluding tert-OH is 1. The summed E-state index contributed by atoms with van der Waals surface area (Å²) in [4.78, 5) is 55.0. The minimum atomic E-state index is -1.77. The second kappa shape index (κ2) is 12.6. The highest BCUT2D eigenvalue weighted by atomic mass is 16.6. The highest BCUT2D eigenvalue weighted by Gasteiger charge is 2.72. The molecule has 2 heterocycles. The van der Waals surface area contributed by atoms with Crippen LogP contribution in [0.1, 0.15) is 75.8 Å². The Balaban J connectivity index is 1.28. The van der Waals surface area contributed by atoms with Crippen LogP contribution < -0.4 is 4.74 Å². The number of likely N-dealkylation sites (N-methyl/N-ethyl adjacent to an activating group) is 1. The van der Waals surface area contributed by atoms with E-state index in [2.05, 4.69) is 4.90 Å². The van der Waals surface area contributed by atoms with Crippen LogP contribution in [0.25, 0.3) is 0 Å². The van der Waals surface area contributed by atoms with Gasteiger partial charge in [-0.25, -0.2) is 9.59 Å². The van der Waals surface area contributed by atoms with Crippen LogP contribution in [0, 0.1) is 5.92 Å². The Labute approximate surface area is 284 Å². The van der Waals surface area contributed by atoms with Gasteiger partial charge < -0.3 is 38.8 Å². The Kier molecular flexibility index (Phi) is 8.87. The van der Waals surface area contributed by atoms with Gasteiger partial charge in [-0.3, -0.25) is 9.59 Å². The van der Waals surface area contributed by atoms with Gasteiger partial charge in [0.25, 0.3) is 0 Å². The van der Waals surface area contributed by atoms with E-state index in [4.69, 9.17) is 23.7 Å². The third-order valence-corrected chi connectivity index (χ3v) is 10.2. The van der Waals surface area contributed by atoms with E-state index in [-0.39, 0.29) is 24.8 Å². The molecule has 262 valence electrons. The summed E-state index contributed by atoms with van der Waals surface area (Å²) >= 11 is 0. The number of piperidine rings is 1. The zero-order valence-corrected chi connectivity index (χ0v) is 28.6. The van der Waals surface area contributed by atoms with Crippen LogP contribution in [0.3, 0.4) is 0 Å². The molecule has 2 aliphatic carbocycles. The van der Waals surface area contributed by atoms with Crippen LogP contribution in [0.2, 0.25) is 0 Å². The molecule has 49 heavy (non-hydrogen) atoms. The number of carbonyl (C=O) groups is 4. The summed E-state index contributed by atoms with van der Waals surface area (Å²) < 4.78 is 28.9. The summed E-state index contributed by atoms with van der Waals surface area (Å²) in [5, 5.41) is 22.6. The molecule has 2 aromatic rings. The third kappa shape index (κ3) is 5.79. The Hall–Kier alpha value is -4.26. The molecule has 2 bridgehead atoms. The third-order valence-electron chi connectivity index (χ3n) is 10.2. The average Bonchev–Trinajstić information content (AvgIpc) is 3.40. The van der Waals surface area contributed by atoms with Gasteiger partial charge in [-0.2, -0.15) is 0 Å². The lowest BCUT2D eigenvalue weighted by Crippen LogP contribution is -2.74. The van der Waals surface area contributed by atoms with E-state index >= 15 is 0 Å². The fraction of sp³-hybridized carbons (Fsp3) is 0.514. The predicted octanol–water partition coefficient (Wildman–Crippen LogP) is 3.19. The van der Waals surface area contributed by atoms with Crippen molar-refractivity contribution in [2.45, 2.75) is 101 Å². The monoisotopic (exact) mass is 677 g/mol. The molecule has 12 heteroatoms. The first-order valence-electron chi connectivity index (χ1n) is 16.5. The first kappa shape index (κ1) is 34.6. The quantitative estimate of drug-likeness (QED) is 0.296. The molecule has 0 saturated carbocycles. The van der Waals surface area contributed by atoms with Crippen molar-refractivity contribution in [3.05, 3.63) is 76.6 Å². The maximum atomic E-state index is 13.8. The first-order chi connectivity index (χ1) is 23.1. The van der Waals surface area contributed by atoms with E-state index in [1.165, 1.54) is 6.92 Å². The number of esters is 4. The molecule has 0 unspecified atom stereocenters. The van der Waals surface area contributed by atoms with Crippen molar-refractivity contribution in [1.29, 1.82) is 0 Å². The van der Waals surface area contributed by atoms with E-state index in [1.807, 2.05) is 19.2 Å². The summed E-state index contributed by atoms with van der Waals surface area (Å²) in [6, 6.07) is 11.8. The molecule has 12 nitrogen and oxygen atoms in total. The Morgan fingerprint density at radius 1 is 1.04 bits per heavy atom. The fourth-order valence-corrected chi connectivity index (χ4v) is 7.92. The molecule has 0 radical (unpaired) electrons. The summed E-state index contributed by atoms with van der Waals surface area (Å²) in [6.07, 6.45) is -1.25. The van der Waals surface area contributed by atoms with Gasteiger partial charge >= 0.3 is 23.9 Å². The number of hydrogen-bond acceptors (Lipinski definition) is 12. The number of benzene rings is 2. The van der Waals surface area contributed by atoms with Crippen LogP contribution in [-0.2, 0) is 56.6 Å². The van der Waals surface area contributed by atoms with Gasteiger partial charge in [-0.15, -0.1) is 0 Å². The smallest absolute Gasteiger partial charge is 0.352 e. The minimum absolute atomic E-state index is 0.156. The zero-order valence-electron chi connectivity index (χ0n) is 28.6. The molecule has 2 N–H and O–H groups in total. The molecular weight excluding hydrogens is 634 g/mol. The van der Waals surface area contributed by atoms with Gasteiger partial charge in [0.05, 0.1) is 17.6 Å². The largest absolute Gasteiger partial charge is 0.481 e. The second-order valence-corrected chi connectivity index (χ2v) is 14.4. The van der Waals surface area contributed by atoms with Crippen LogP contribution in [-0.4, -0.2) is 82.0 Å². The lowest BCUT2D eigenvalue weighted by Gasteiger charge is -2.61.